The molecule has 0 aliphatic heterocycles. The van der Waals surface area contributed by atoms with E-state index in [0.717, 1.165) is 6.42 Å². The number of thioether (sulfide) groups is 1. The lowest BCUT2D eigenvalue weighted by Gasteiger charge is -2.37. The Labute approximate surface area is 109 Å². The maximum absolute atomic E-state index is 11.6. The van der Waals surface area contributed by atoms with Gasteiger partial charge in [-0.3, -0.25) is 9.59 Å². The van der Waals surface area contributed by atoms with Gasteiger partial charge in [0.2, 0.25) is 5.91 Å². The maximum atomic E-state index is 11.6. The van der Waals surface area contributed by atoms with Crippen LogP contribution in [0.3, 0.4) is 0 Å². The largest absolute Gasteiger partial charge is 0.338 e. The highest BCUT2D eigenvalue weighted by Gasteiger charge is 2.27. The fourth-order valence-corrected chi connectivity index (χ4v) is 2.76. The fraction of sp³-hybridized carbons (Fsp3) is 0.846. The highest BCUT2D eigenvalue weighted by atomic mass is 32.2. The van der Waals surface area contributed by atoms with Crippen molar-refractivity contribution >= 4 is 22.8 Å². The third-order valence-electron chi connectivity index (χ3n) is 2.55. The Balaban J connectivity index is 4.51. The number of amides is 1. The van der Waals surface area contributed by atoms with Gasteiger partial charge in [0.25, 0.3) is 0 Å². The first kappa shape index (κ1) is 16.5. The van der Waals surface area contributed by atoms with Gasteiger partial charge < -0.3 is 4.90 Å². The standard InChI is InChI=1S/C13H25NO2S/c1-10(15)14(12(3,4)5)9-8-13(6,7)17-11(2)16/h8-9H2,1-7H3. The van der Waals surface area contributed by atoms with Crippen LogP contribution in [-0.4, -0.2) is 32.8 Å². The highest BCUT2D eigenvalue weighted by Crippen LogP contribution is 2.29. The third-order valence-corrected chi connectivity index (χ3v) is 3.59. The molecule has 1 amide bonds. The summed E-state index contributed by atoms with van der Waals surface area (Å²) in [5.41, 5.74) is -0.164. The Kier molecular flexibility index (Phi) is 5.72. The monoisotopic (exact) mass is 259 g/mol. The molecule has 0 saturated heterocycles. The molecule has 0 unspecified atom stereocenters. The van der Waals surface area contributed by atoms with Gasteiger partial charge >= 0.3 is 0 Å². The van der Waals surface area contributed by atoms with Crippen LogP contribution in [-0.2, 0) is 9.59 Å². The SMILES string of the molecule is CC(=O)SC(C)(C)CCN(C(C)=O)C(C)(C)C. The van der Waals surface area contributed by atoms with Gasteiger partial charge in [0.05, 0.1) is 0 Å². The molecule has 0 rings (SSSR count). The molecule has 0 atom stereocenters. The summed E-state index contributed by atoms with van der Waals surface area (Å²) in [4.78, 5) is 24.6. The van der Waals surface area contributed by atoms with Crippen LogP contribution >= 0.6 is 11.8 Å². The molecule has 17 heavy (non-hydrogen) atoms. The molecule has 0 aromatic heterocycles. The quantitative estimate of drug-likeness (QED) is 0.778. The lowest BCUT2D eigenvalue weighted by molar-refractivity contribution is -0.133. The molecule has 0 heterocycles. The van der Waals surface area contributed by atoms with E-state index in [2.05, 4.69) is 0 Å². The van der Waals surface area contributed by atoms with E-state index in [-0.39, 0.29) is 21.3 Å². The molecule has 0 fully saturated rings. The molecule has 4 heteroatoms. The van der Waals surface area contributed by atoms with Crippen molar-refractivity contribution < 1.29 is 9.59 Å². The predicted octanol–water partition coefficient (Wildman–Crippen LogP) is 3.08. The number of nitrogens with zero attached hydrogens (tertiary/aromatic N) is 1. The van der Waals surface area contributed by atoms with Gasteiger partial charge in [-0.2, -0.15) is 0 Å². The minimum atomic E-state index is -0.164. The zero-order chi connectivity index (χ0) is 13.9. The fourth-order valence-electron chi connectivity index (χ4n) is 1.79. The summed E-state index contributed by atoms with van der Waals surface area (Å²) >= 11 is 1.34. The maximum Gasteiger partial charge on any atom is 0.219 e. The molecule has 0 radical (unpaired) electrons. The number of rotatable bonds is 4. The molecule has 0 aliphatic carbocycles. The van der Waals surface area contributed by atoms with E-state index in [1.54, 1.807) is 13.8 Å². The first-order valence-electron chi connectivity index (χ1n) is 5.93. The second-order valence-electron chi connectivity index (χ2n) is 5.94. The van der Waals surface area contributed by atoms with E-state index in [1.165, 1.54) is 11.8 Å². The van der Waals surface area contributed by atoms with E-state index < -0.39 is 0 Å². The van der Waals surface area contributed by atoms with Gasteiger partial charge in [-0.05, 0) is 27.2 Å². The van der Waals surface area contributed by atoms with Crippen LogP contribution in [0.5, 0.6) is 0 Å². The summed E-state index contributed by atoms with van der Waals surface area (Å²) in [7, 11) is 0. The molecule has 0 aromatic carbocycles. The van der Waals surface area contributed by atoms with Crippen molar-refractivity contribution in [3.8, 4) is 0 Å². The second kappa shape index (κ2) is 5.89. The van der Waals surface area contributed by atoms with Crippen molar-refractivity contribution in [2.75, 3.05) is 6.54 Å². The smallest absolute Gasteiger partial charge is 0.219 e. The Bertz CT molecular complexity index is 292. The van der Waals surface area contributed by atoms with Crippen molar-refractivity contribution in [3.05, 3.63) is 0 Å². The molecular weight excluding hydrogens is 234 g/mol. The Morgan fingerprint density at radius 2 is 1.53 bits per heavy atom. The number of carbonyl (C=O) groups excluding carboxylic acids is 2. The Morgan fingerprint density at radius 3 is 1.82 bits per heavy atom. The summed E-state index contributed by atoms with van der Waals surface area (Å²) in [5.74, 6) is 0.0844. The van der Waals surface area contributed by atoms with Crippen molar-refractivity contribution in [1.29, 1.82) is 0 Å². The lowest BCUT2D eigenvalue weighted by Crippen LogP contribution is -2.46. The van der Waals surface area contributed by atoms with E-state index in [1.807, 2.05) is 39.5 Å². The second-order valence-corrected chi connectivity index (χ2v) is 7.83. The van der Waals surface area contributed by atoms with E-state index in [0.29, 0.717) is 6.54 Å². The van der Waals surface area contributed by atoms with Gasteiger partial charge in [0, 0.05) is 30.7 Å². The minimum absolute atomic E-state index is 0.0844. The van der Waals surface area contributed by atoms with Crippen LogP contribution in [0.4, 0.5) is 0 Å². The topological polar surface area (TPSA) is 37.4 Å². The first-order chi connectivity index (χ1) is 7.46. The van der Waals surface area contributed by atoms with Crippen LogP contribution in [0.2, 0.25) is 0 Å². The molecule has 0 aliphatic rings. The van der Waals surface area contributed by atoms with E-state index >= 15 is 0 Å². The summed E-state index contributed by atoms with van der Waals surface area (Å²) in [5, 5.41) is 0.125. The molecular formula is C13H25NO2S. The molecule has 0 N–H and O–H groups in total. The Morgan fingerprint density at radius 1 is 1.06 bits per heavy atom. The van der Waals surface area contributed by atoms with Crippen molar-refractivity contribution in [3.63, 3.8) is 0 Å². The number of hydrogen-bond donors (Lipinski definition) is 0. The number of hydrogen-bond acceptors (Lipinski definition) is 3. The molecule has 0 spiro atoms. The zero-order valence-corrected chi connectivity index (χ0v) is 12.9. The molecule has 0 bridgehead atoms. The molecule has 0 saturated carbocycles. The van der Waals surface area contributed by atoms with Crippen LogP contribution < -0.4 is 0 Å². The summed E-state index contributed by atoms with van der Waals surface area (Å²) in [6.07, 6.45) is 0.814. The van der Waals surface area contributed by atoms with E-state index in [9.17, 15) is 9.59 Å². The zero-order valence-electron chi connectivity index (χ0n) is 12.1. The average molecular weight is 259 g/mol. The van der Waals surface area contributed by atoms with Gasteiger partial charge in [0.15, 0.2) is 5.12 Å². The lowest BCUT2D eigenvalue weighted by atomic mass is 10.0. The van der Waals surface area contributed by atoms with Crippen molar-refractivity contribution in [1.82, 2.24) is 4.90 Å². The first-order valence-corrected chi connectivity index (χ1v) is 6.75. The summed E-state index contributed by atoms with van der Waals surface area (Å²) in [6.45, 7) is 14.0. The van der Waals surface area contributed by atoms with Crippen LogP contribution in [0.25, 0.3) is 0 Å². The van der Waals surface area contributed by atoms with E-state index in [4.69, 9.17) is 0 Å². The van der Waals surface area contributed by atoms with Crippen LogP contribution in [0.1, 0.15) is 54.9 Å². The highest BCUT2D eigenvalue weighted by molar-refractivity contribution is 8.14. The minimum Gasteiger partial charge on any atom is -0.338 e. The van der Waals surface area contributed by atoms with Gasteiger partial charge in [-0.15, -0.1) is 0 Å². The van der Waals surface area contributed by atoms with Crippen LogP contribution in [0.15, 0.2) is 0 Å². The van der Waals surface area contributed by atoms with Crippen molar-refractivity contribution in [2.24, 2.45) is 0 Å². The number of carbonyl (C=O) groups is 2. The van der Waals surface area contributed by atoms with Gasteiger partial charge in [-0.25, -0.2) is 0 Å². The molecule has 3 nitrogen and oxygen atoms in total. The van der Waals surface area contributed by atoms with Crippen molar-refractivity contribution in [2.45, 2.75) is 65.2 Å². The van der Waals surface area contributed by atoms with Gasteiger partial charge in [-0.1, -0.05) is 25.6 Å². The van der Waals surface area contributed by atoms with Gasteiger partial charge in [0.1, 0.15) is 0 Å². The third kappa shape index (κ3) is 6.71. The van der Waals surface area contributed by atoms with Crippen LogP contribution in [0, 0.1) is 0 Å². The predicted molar refractivity (Wildman–Crippen MR) is 74.1 cm³/mol. The summed E-state index contributed by atoms with van der Waals surface area (Å²) in [6, 6.07) is 0. The normalized spacial score (nSPS) is 12.4. The summed E-state index contributed by atoms with van der Waals surface area (Å²) < 4.78 is -0.120. The molecule has 0 aromatic rings. The molecule has 100 valence electrons. The average Bonchev–Trinajstić information content (AvgIpc) is 1.96. The Hall–Kier alpha value is -0.510.